The highest BCUT2D eigenvalue weighted by Gasteiger charge is 2.32. The summed E-state index contributed by atoms with van der Waals surface area (Å²) in [5, 5.41) is 4.44. The minimum Gasteiger partial charge on any atom is -0.397 e. The molecule has 0 saturated heterocycles. The number of carbonyl (C=O) groups is 1. The van der Waals surface area contributed by atoms with Gasteiger partial charge in [-0.1, -0.05) is 0 Å². The van der Waals surface area contributed by atoms with Gasteiger partial charge in [-0.15, -0.1) is 0 Å². The summed E-state index contributed by atoms with van der Waals surface area (Å²) in [6.45, 7) is 0.573. The molecule has 0 spiro atoms. The third-order valence-corrected chi connectivity index (χ3v) is 3.91. The summed E-state index contributed by atoms with van der Waals surface area (Å²) in [5.74, 6) is 6.56. The summed E-state index contributed by atoms with van der Waals surface area (Å²) < 4.78 is 0. The topological polar surface area (TPSA) is 101 Å². The summed E-state index contributed by atoms with van der Waals surface area (Å²) in [6.07, 6.45) is 3.57. The Kier molecular flexibility index (Phi) is 3.21. The van der Waals surface area contributed by atoms with E-state index in [-0.39, 0.29) is 11.8 Å². The summed E-state index contributed by atoms with van der Waals surface area (Å²) in [7, 11) is 3.70. The number of hydrazine groups is 1. The van der Waals surface area contributed by atoms with Crippen LogP contribution in [0, 0.1) is 5.92 Å². The normalized spacial score (nSPS) is 17.6. The van der Waals surface area contributed by atoms with Crippen LogP contribution in [0.4, 0.5) is 11.5 Å². The molecule has 2 aliphatic rings. The maximum atomic E-state index is 12.0. The van der Waals surface area contributed by atoms with Crippen LogP contribution in [0.3, 0.4) is 0 Å². The number of likely N-dealkylation sites (N-methyl/N-ethyl adjacent to an activating group) is 2. The number of pyridine rings is 1. The van der Waals surface area contributed by atoms with Crippen LogP contribution in [0.1, 0.15) is 18.4 Å². The molecule has 1 aliphatic carbocycles. The van der Waals surface area contributed by atoms with Crippen molar-refractivity contribution in [2.24, 2.45) is 17.5 Å². The number of amides is 1. The van der Waals surface area contributed by atoms with E-state index in [0.29, 0.717) is 18.1 Å². The van der Waals surface area contributed by atoms with Crippen molar-refractivity contribution in [2.75, 3.05) is 30.9 Å². The number of fused-ring (bicyclic) bond motifs is 1. The number of carbonyl (C=O) groups excluding carboxylic acids is 1. The van der Waals surface area contributed by atoms with Gasteiger partial charge in [0.1, 0.15) is 0 Å². The van der Waals surface area contributed by atoms with Crippen molar-refractivity contribution >= 4 is 23.1 Å². The number of hydrogen-bond donors (Lipinski definition) is 3. The molecule has 3 rings (SSSR count). The molecule has 1 fully saturated rings. The van der Waals surface area contributed by atoms with Crippen LogP contribution in [0.2, 0.25) is 0 Å². The van der Waals surface area contributed by atoms with Crippen LogP contribution < -0.4 is 21.8 Å². The molecular formula is C14H20N6O. The average molecular weight is 288 g/mol. The van der Waals surface area contributed by atoms with Crippen molar-refractivity contribution in [1.29, 1.82) is 0 Å². The van der Waals surface area contributed by atoms with Crippen molar-refractivity contribution in [3.63, 3.8) is 0 Å². The SMILES string of the molecule is CN(N)C1=C(N)c2ccnc(NC(=O)C3CC3)c2N(C)C1. The van der Waals surface area contributed by atoms with E-state index in [1.54, 1.807) is 13.2 Å². The second-order valence-electron chi connectivity index (χ2n) is 5.65. The highest BCUT2D eigenvalue weighted by atomic mass is 16.2. The Morgan fingerprint density at radius 1 is 1.52 bits per heavy atom. The van der Waals surface area contributed by atoms with Crippen LogP contribution >= 0.6 is 0 Å². The first kappa shape index (κ1) is 13.7. The molecule has 1 aromatic rings. The summed E-state index contributed by atoms with van der Waals surface area (Å²) >= 11 is 0. The maximum Gasteiger partial charge on any atom is 0.228 e. The zero-order valence-corrected chi connectivity index (χ0v) is 12.3. The third-order valence-electron chi connectivity index (χ3n) is 3.91. The molecule has 0 aromatic carbocycles. The van der Waals surface area contributed by atoms with Gasteiger partial charge in [-0.25, -0.2) is 10.8 Å². The van der Waals surface area contributed by atoms with E-state index in [1.165, 1.54) is 5.01 Å². The van der Waals surface area contributed by atoms with Crippen LogP contribution in [0.5, 0.6) is 0 Å². The fourth-order valence-electron chi connectivity index (χ4n) is 2.56. The van der Waals surface area contributed by atoms with Gasteiger partial charge in [0.15, 0.2) is 5.82 Å². The molecule has 1 aliphatic heterocycles. The van der Waals surface area contributed by atoms with Crippen molar-refractivity contribution in [3.05, 3.63) is 23.5 Å². The molecule has 2 heterocycles. The monoisotopic (exact) mass is 288 g/mol. The summed E-state index contributed by atoms with van der Waals surface area (Å²) in [6, 6.07) is 1.84. The van der Waals surface area contributed by atoms with Gasteiger partial charge in [-0.05, 0) is 18.9 Å². The Hall–Kier alpha value is -2.28. The Morgan fingerprint density at radius 2 is 2.24 bits per heavy atom. The lowest BCUT2D eigenvalue weighted by molar-refractivity contribution is -0.117. The Morgan fingerprint density at radius 3 is 2.86 bits per heavy atom. The number of rotatable bonds is 3. The predicted molar refractivity (Wildman–Crippen MR) is 81.9 cm³/mol. The molecule has 112 valence electrons. The number of aromatic nitrogens is 1. The molecule has 0 atom stereocenters. The molecule has 1 aromatic heterocycles. The van der Waals surface area contributed by atoms with Gasteiger partial charge in [-0.2, -0.15) is 0 Å². The van der Waals surface area contributed by atoms with Crippen LogP contribution in [0.25, 0.3) is 5.70 Å². The van der Waals surface area contributed by atoms with E-state index in [9.17, 15) is 4.79 Å². The van der Waals surface area contributed by atoms with Crippen LogP contribution in [-0.2, 0) is 4.79 Å². The Labute approximate surface area is 123 Å². The van der Waals surface area contributed by atoms with E-state index in [2.05, 4.69) is 10.3 Å². The molecule has 1 saturated carbocycles. The van der Waals surface area contributed by atoms with Gasteiger partial charge in [0.2, 0.25) is 5.91 Å². The van der Waals surface area contributed by atoms with Crippen molar-refractivity contribution in [3.8, 4) is 0 Å². The molecule has 0 unspecified atom stereocenters. The molecule has 1 amide bonds. The highest BCUT2D eigenvalue weighted by Crippen LogP contribution is 2.37. The average Bonchev–Trinajstić information content (AvgIpc) is 3.26. The standard InChI is InChI=1S/C14H20N6O/c1-19-7-10(20(2)16)11(15)9-5-6-17-13(12(9)19)18-14(21)8-3-4-8/h5-6,8H,3-4,7,15-16H2,1-2H3,(H,17,18,21). The molecule has 7 heteroatoms. The lowest BCUT2D eigenvalue weighted by atomic mass is 10.0. The van der Waals surface area contributed by atoms with Crippen molar-refractivity contribution in [2.45, 2.75) is 12.8 Å². The largest absolute Gasteiger partial charge is 0.397 e. The van der Waals surface area contributed by atoms with E-state index < -0.39 is 0 Å². The molecule has 5 N–H and O–H groups in total. The van der Waals surface area contributed by atoms with Gasteiger partial charge >= 0.3 is 0 Å². The molecule has 7 nitrogen and oxygen atoms in total. The highest BCUT2D eigenvalue weighted by molar-refractivity contribution is 5.98. The fraction of sp³-hybridized carbons (Fsp3) is 0.429. The lowest BCUT2D eigenvalue weighted by Gasteiger charge is -2.33. The smallest absolute Gasteiger partial charge is 0.228 e. The third kappa shape index (κ3) is 2.40. The zero-order chi connectivity index (χ0) is 15.1. The Balaban J connectivity index is 2.01. The summed E-state index contributed by atoms with van der Waals surface area (Å²) in [4.78, 5) is 18.3. The van der Waals surface area contributed by atoms with E-state index >= 15 is 0 Å². The predicted octanol–water partition coefficient (Wildman–Crippen LogP) is 0.313. The van der Waals surface area contributed by atoms with Gasteiger partial charge < -0.3 is 21.0 Å². The second kappa shape index (κ2) is 4.92. The van der Waals surface area contributed by atoms with Crippen LogP contribution in [-0.4, -0.2) is 36.5 Å². The quantitative estimate of drug-likeness (QED) is 0.547. The fourth-order valence-corrected chi connectivity index (χ4v) is 2.56. The van der Waals surface area contributed by atoms with Crippen molar-refractivity contribution < 1.29 is 4.79 Å². The van der Waals surface area contributed by atoms with Gasteiger partial charge in [0, 0.05) is 31.8 Å². The van der Waals surface area contributed by atoms with E-state index in [1.807, 2.05) is 18.0 Å². The van der Waals surface area contributed by atoms with Gasteiger partial charge in [0.25, 0.3) is 0 Å². The minimum atomic E-state index is 0.0357. The zero-order valence-electron chi connectivity index (χ0n) is 12.3. The number of hydrogen-bond acceptors (Lipinski definition) is 6. The molecule has 0 radical (unpaired) electrons. The first-order valence-corrected chi connectivity index (χ1v) is 6.97. The number of nitrogens with two attached hydrogens (primary N) is 2. The molecule has 21 heavy (non-hydrogen) atoms. The number of nitrogens with zero attached hydrogens (tertiary/aromatic N) is 3. The van der Waals surface area contributed by atoms with Crippen LogP contribution in [0.15, 0.2) is 18.0 Å². The van der Waals surface area contributed by atoms with E-state index in [0.717, 1.165) is 29.8 Å². The summed E-state index contributed by atoms with van der Waals surface area (Å²) in [5.41, 5.74) is 9.37. The van der Waals surface area contributed by atoms with Gasteiger partial charge in [0.05, 0.1) is 23.6 Å². The second-order valence-corrected chi connectivity index (χ2v) is 5.65. The first-order valence-electron chi connectivity index (χ1n) is 6.97. The Bertz CT molecular complexity index is 620. The minimum absolute atomic E-state index is 0.0357. The van der Waals surface area contributed by atoms with Gasteiger partial charge in [-0.3, -0.25) is 4.79 Å². The number of anilines is 2. The molecular weight excluding hydrogens is 268 g/mol. The first-order chi connectivity index (χ1) is 9.99. The molecule has 0 bridgehead atoms. The number of nitrogens with one attached hydrogen (secondary N) is 1. The maximum absolute atomic E-state index is 12.0. The van der Waals surface area contributed by atoms with E-state index in [4.69, 9.17) is 11.6 Å². The lowest BCUT2D eigenvalue weighted by Crippen LogP contribution is -2.38. The van der Waals surface area contributed by atoms with Crippen molar-refractivity contribution in [1.82, 2.24) is 9.99 Å².